The Bertz CT molecular complexity index is 295. The lowest BCUT2D eigenvalue weighted by atomic mass is 9.77. The van der Waals surface area contributed by atoms with Gasteiger partial charge in [-0.05, 0) is 40.0 Å². The van der Waals surface area contributed by atoms with Gasteiger partial charge in [0, 0.05) is 0 Å². The maximum atomic E-state index is 11.5. The molecule has 1 aliphatic heterocycles. The topological polar surface area (TPSA) is 52.6 Å². The molecular formula is C12H20O4. The quantitative estimate of drug-likeness (QED) is 0.690. The SMILES string of the molecule is COC(=O)C(C)(C)CCC1(C)CCOC1=O. The van der Waals surface area contributed by atoms with Crippen molar-refractivity contribution in [2.24, 2.45) is 10.8 Å². The van der Waals surface area contributed by atoms with Gasteiger partial charge in [0.15, 0.2) is 0 Å². The zero-order valence-corrected chi connectivity index (χ0v) is 10.5. The Morgan fingerprint density at radius 1 is 1.56 bits per heavy atom. The highest BCUT2D eigenvalue weighted by atomic mass is 16.5. The fourth-order valence-electron chi connectivity index (χ4n) is 1.84. The lowest BCUT2D eigenvalue weighted by Gasteiger charge is -2.26. The third-order valence-electron chi connectivity index (χ3n) is 3.42. The number of cyclic esters (lactones) is 1. The summed E-state index contributed by atoms with van der Waals surface area (Å²) in [4.78, 5) is 23.0. The third-order valence-corrected chi connectivity index (χ3v) is 3.42. The summed E-state index contributed by atoms with van der Waals surface area (Å²) < 4.78 is 9.70. The zero-order chi connectivity index (χ0) is 12.4. The summed E-state index contributed by atoms with van der Waals surface area (Å²) >= 11 is 0. The van der Waals surface area contributed by atoms with E-state index in [9.17, 15) is 9.59 Å². The predicted molar refractivity (Wildman–Crippen MR) is 58.7 cm³/mol. The highest BCUT2D eigenvalue weighted by Crippen LogP contribution is 2.38. The van der Waals surface area contributed by atoms with E-state index in [4.69, 9.17) is 9.47 Å². The molecule has 4 heteroatoms. The predicted octanol–water partition coefficient (Wildman–Crippen LogP) is 1.92. The second kappa shape index (κ2) is 4.44. The number of ether oxygens (including phenoxy) is 2. The van der Waals surface area contributed by atoms with E-state index < -0.39 is 10.8 Å². The number of carbonyl (C=O) groups excluding carboxylic acids is 2. The molecule has 0 N–H and O–H groups in total. The third kappa shape index (κ3) is 2.54. The maximum Gasteiger partial charge on any atom is 0.311 e. The molecule has 4 nitrogen and oxygen atoms in total. The first kappa shape index (κ1) is 13.0. The summed E-state index contributed by atoms with van der Waals surface area (Å²) in [6.07, 6.45) is 2.03. The van der Waals surface area contributed by atoms with Crippen molar-refractivity contribution in [2.75, 3.05) is 13.7 Å². The Balaban J connectivity index is 2.57. The molecule has 0 amide bonds. The van der Waals surface area contributed by atoms with E-state index in [1.807, 2.05) is 20.8 Å². The minimum absolute atomic E-state index is 0.145. The van der Waals surface area contributed by atoms with Gasteiger partial charge in [0.1, 0.15) is 0 Å². The fourth-order valence-corrected chi connectivity index (χ4v) is 1.84. The van der Waals surface area contributed by atoms with E-state index in [1.54, 1.807) is 0 Å². The first-order chi connectivity index (χ1) is 7.32. The molecule has 0 radical (unpaired) electrons. The molecule has 1 heterocycles. The van der Waals surface area contributed by atoms with Crippen LogP contribution in [-0.4, -0.2) is 25.7 Å². The van der Waals surface area contributed by atoms with Gasteiger partial charge in [0.05, 0.1) is 24.5 Å². The van der Waals surface area contributed by atoms with E-state index in [1.165, 1.54) is 7.11 Å². The van der Waals surface area contributed by atoms with Gasteiger partial charge in [-0.25, -0.2) is 0 Å². The van der Waals surface area contributed by atoms with Gasteiger partial charge in [0.2, 0.25) is 0 Å². The van der Waals surface area contributed by atoms with Crippen LogP contribution in [0, 0.1) is 10.8 Å². The van der Waals surface area contributed by atoms with Gasteiger partial charge in [-0.2, -0.15) is 0 Å². The first-order valence-corrected chi connectivity index (χ1v) is 5.57. The van der Waals surface area contributed by atoms with Gasteiger partial charge in [-0.15, -0.1) is 0 Å². The molecule has 1 unspecified atom stereocenters. The van der Waals surface area contributed by atoms with Crippen LogP contribution < -0.4 is 0 Å². The van der Waals surface area contributed by atoms with Crippen molar-refractivity contribution >= 4 is 11.9 Å². The Morgan fingerprint density at radius 3 is 2.62 bits per heavy atom. The molecule has 92 valence electrons. The van der Waals surface area contributed by atoms with E-state index >= 15 is 0 Å². The zero-order valence-electron chi connectivity index (χ0n) is 10.5. The van der Waals surface area contributed by atoms with E-state index in [0.29, 0.717) is 19.4 Å². The van der Waals surface area contributed by atoms with Crippen LogP contribution >= 0.6 is 0 Å². The smallest absolute Gasteiger partial charge is 0.311 e. The summed E-state index contributed by atoms with van der Waals surface area (Å²) in [6, 6.07) is 0. The lowest BCUT2D eigenvalue weighted by Crippen LogP contribution is -2.30. The molecule has 1 atom stereocenters. The monoisotopic (exact) mass is 228 g/mol. The van der Waals surface area contributed by atoms with Crippen LogP contribution in [0.15, 0.2) is 0 Å². The van der Waals surface area contributed by atoms with Crippen molar-refractivity contribution < 1.29 is 19.1 Å². The molecular weight excluding hydrogens is 208 g/mol. The van der Waals surface area contributed by atoms with E-state index in [2.05, 4.69) is 0 Å². The highest BCUT2D eigenvalue weighted by Gasteiger charge is 2.42. The van der Waals surface area contributed by atoms with Gasteiger partial charge in [-0.3, -0.25) is 9.59 Å². The van der Waals surface area contributed by atoms with Crippen LogP contribution in [0.2, 0.25) is 0 Å². The molecule has 0 spiro atoms. The average molecular weight is 228 g/mol. The van der Waals surface area contributed by atoms with Gasteiger partial charge < -0.3 is 9.47 Å². The molecule has 0 aromatic heterocycles. The number of hydrogen-bond donors (Lipinski definition) is 0. The molecule has 0 saturated carbocycles. The lowest BCUT2D eigenvalue weighted by molar-refractivity contribution is -0.153. The molecule has 0 aromatic rings. The van der Waals surface area contributed by atoms with Crippen LogP contribution in [0.1, 0.15) is 40.0 Å². The number of rotatable bonds is 4. The molecule has 0 aromatic carbocycles. The summed E-state index contributed by atoms with van der Waals surface area (Å²) in [7, 11) is 1.38. The van der Waals surface area contributed by atoms with Crippen molar-refractivity contribution in [3.05, 3.63) is 0 Å². The second-order valence-electron chi connectivity index (χ2n) is 5.32. The van der Waals surface area contributed by atoms with Crippen LogP contribution in [0.4, 0.5) is 0 Å². The highest BCUT2D eigenvalue weighted by molar-refractivity contribution is 5.78. The summed E-state index contributed by atoms with van der Waals surface area (Å²) in [5.41, 5.74) is -0.966. The number of esters is 2. The normalized spacial score (nSPS) is 25.4. The Labute approximate surface area is 96.3 Å². The summed E-state index contributed by atoms with van der Waals surface area (Å²) in [5.74, 6) is -0.379. The van der Waals surface area contributed by atoms with Gasteiger partial charge in [-0.1, -0.05) is 0 Å². The first-order valence-electron chi connectivity index (χ1n) is 5.57. The largest absolute Gasteiger partial charge is 0.469 e. The standard InChI is InChI=1S/C12H20O4/c1-11(2,9(13)15-4)5-6-12(3)7-8-16-10(12)14/h5-8H2,1-4H3. The molecule has 0 bridgehead atoms. The summed E-state index contributed by atoms with van der Waals surface area (Å²) in [5, 5.41) is 0. The number of carbonyl (C=O) groups is 2. The number of hydrogen-bond acceptors (Lipinski definition) is 4. The minimum Gasteiger partial charge on any atom is -0.469 e. The van der Waals surface area contributed by atoms with Crippen LogP contribution in [0.5, 0.6) is 0 Å². The molecule has 0 aliphatic carbocycles. The molecule has 1 fully saturated rings. The summed E-state index contributed by atoms with van der Waals surface area (Å²) in [6.45, 7) is 6.06. The van der Waals surface area contributed by atoms with Gasteiger partial charge >= 0.3 is 11.9 Å². The Kier molecular flexibility index (Phi) is 3.61. The van der Waals surface area contributed by atoms with Crippen LogP contribution in [0.25, 0.3) is 0 Å². The maximum absolute atomic E-state index is 11.5. The van der Waals surface area contributed by atoms with Crippen molar-refractivity contribution in [3.63, 3.8) is 0 Å². The minimum atomic E-state index is -0.541. The molecule has 16 heavy (non-hydrogen) atoms. The van der Waals surface area contributed by atoms with Crippen molar-refractivity contribution in [3.8, 4) is 0 Å². The molecule has 1 aliphatic rings. The van der Waals surface area contributed by atoms with Crippen molar-refractivity contribution in [1.29, 1.82) is 0 Å². The van der Waals surface area contributed by atoms with E-state index in [-0.39, 0.29) is 11.9 Å². The van der Waals surface area contributed by atoms with Crippen LogP contribution in [-0.2, 0) is 19.1 Å². The van der Waals surface area contributed by atoms with E-state index in [0.717, 1.165) is 6.42 Å². The van der Waals surface area contributed by atoms with Crippen LogP contribution in [0.3, 0.4) is 0 Å². The molecule has 1 saturated heterocycles. The average Bonchev–Trinajstić information content (AvgIpc) is 2.56. The van der Waals surface area contributed by atoms with Gasteiger partial charge in [0.25, 0.3) is 0 Å². The fraction of sp³-hybridized carbons (Fsp3) is 0.833. The molecule has 1 rings (SSSR count). The Morgan fingerprint density at radius 2 is 2.19 bits per heavy atom. The Hall–Kier alpha value is -1.06. The number of methoxy groups -OCH3 is 1. The van der Waals surface area contributed by atoms with Crippen molar-refractivity contribution in [2.45, 2.75) is 40.0 Å². The second-order valence-corrected chi connectivity index (χ2v) is 5.32. The van der Waals surface area contributed by atoms with Crippen molar-refractivity contribution in [1.82, 2.24) is 0 Å².